The van der Waals surface area contributed by atoms with Crippen LogP contribution in [0.25, 0.3) is 0 Å². The third-order valence-corrected chi connectivity index (χ3v) is 3.50. The molecule has 1 aromatic heterocycles. The van der Waals surface area contributed by atoms with Crippen molar-refractivity contribution in [1.29, 1.82) is 0 Å². The van der Waals surface area contributed by atoms with Gasteiger partial charge in [-0.2, -0.15) is 5.10 Å². The zero-order valence-corrected chi connectivity index (χ0v) is 10.3. The highest BCUT2D eigenvalue weighted by atomic mass is 32.2. The van der Waals surface area contributed by atoms with Gasteiger partial charge in [-0.3, -0.25) is 0 Å². The lowest BCUT2D eigenvalue weighted by molar-refractivity contribution is 0.195. The Labute approximate surface area is 102 Å². The first kappa shape index (κ1) is 12.1. The first-order valence-electron chi connectivity index (χ1n) is 5.08. The summed E-state index contributed by atoms with van der Waals surface area (Å²) in [4.78, 5) is 4.41. The van der Waals surface area contributed by atoms with Gasteiger partial charge in [0.25, 0.3) is 0 Å². The van der Waals surface area contributed by atoms with E-state index >= 15 is 0 Å². The second-order valence-corrected chi connectivity index (χ2v) is 4.58. The molecule has 2 aromatic rings. The maximum absolute atomic E-state index is 13.7. The Morgan fingerprint density at radius 1 is 1.47 bits per heavy atom. The van der Waals surface area contributed by atoms with Crippen molar-refractivity contribution in [2.75, 3.05) is 0 Å². The smallest absolute Gasteiger partial charge is 0.190 e. The quantitative estimate of drug-likeness (QED) is 0.910. The van der Waals surface area contributed by atoms with Crippen LogP contribution in [0.3, 0.4) is 0 Å². The van der Waals surface area contributed by atoms with Crippen molar-refractivity contribution < 1.29 is 9.50 Å². The molecule has 1 atom stereocenters. The first-order chi connectivity index (χ1) is 8.09. The van der Waals surface area contributed by atoms with Gasteiger partial charge in [0.1, 0.15) is 12.1 Å². The normalized spacial score (nSPS) is 12.7. The van der Waals surface area contributed by atoms with Crippen LogP contribution in [-0.2, 0) is 7.05 Å². The summed E-state index contributed by atoms with van der Waals surface area (Å²) in [7, 11) is 1.73. The van der Waals surface area contributed by atoms with Gasteiger partial charge in [0.15, 0.2) is 5.16 Å². The molecule has 1 N–H and O–H groups in total. The number of benzene rings is 1. The molecule has 0 aliphatic carbocycles. The van der Waals surface area contributed by atoms with Crippen LogP contribution in [0.2, 0.25) is 0 Å². The van der Waals surface area contributed by atoms with E-state index in [4.69, 9.17) is 0 Å². The number of hydrogen-bond acceptors (Lipinski definition) is 4. The fraction of sp³-hybridized carbons (Fsp3) is 0.273. The largest absolute Gasteiger partial charge is 0.389 e. The van der Waals surface area contributed by atoms with Gasteiger partial charge in [-0.15, -0.1) is 0 Å². The molecule has 0 saturated heterocycles. The van der Waals surface area contributed by atoms with Crippen molar-refractivity contribution in [2.24, 2.45) is 7.05 Å². The number of halogens is 1. The van der Waals surface area contributed by atoms with E-state index in [9.17, 15) is 9.50 Å². The third-order valence-electron chi connectivity index (χ3n) is 2.31. The average molecular weight is 253 g/mol. The minimum absolute atomic E-state index is 0.364. The van der Waals surface area contributed by atoms with Crippen LogP contribution < -0.4 is 0 Å². The van der Waals surface area contributed by atoms with Crippen molar-refractivity contribution in [3.8, 4) is 0 Å². The van der Waals surface area contributed by atoms with Crippen LogP contribution >= 0.6 is 11.8 Å². The summed E-state index contributed by atoms with van der Waals surface area (Å²) in [5.74, 6) is -0.364. The highest BCUT2D eigenvalue weighted by Crippen LogP contribution is 2.33. The second-order valence-electron chi connectivity index (χ2n) is 3.60. The average Bonchev–Trinajstić information content (AvgIpc) is 2.67. The molecule has 1 heterocycles. The van der Waals surface area contributed by atoms with Crippen molar-refractivity contribution in [1.82, 2.24) is 14.8 Å². The Balaban J connectivity index is 2.41. The molecule has 6 heteroatoms. The maximum Gasteiger partial charge on any atom is 0.190 e. The minimum atomic E-state index is -0.721. The third kappa shape index (κ3) is 2.48. The standard InChI is InChI=1S/C11H12FN3OS/c1-7(16)8-4-3-5-9(12)10(8)17-11-13-6-14-15(11)2/h3-7,16H,1-2H3. The lowest BCUT2D eigenvalue weighted by Crippen LogP contribution is -1.99. The Morgan fingerprint density at radius 2 is 2.24 bits per heavy atom. The molecule has 0 aliphatic rings. The van der Waals surface area contributed by atoms with E-state index in [-0.39, 0.29) is 5.82 Å². The van der Waals surface area contributed by atoms with Crippen molar-refractivity contribution in [3.63, 3.8) is 0 Å². The van der Waals surface area contributed by atoms with Crippen molar-refractivity contribution in [3.05, 3.63) is 35.9 Å². The van der Waals surface area contributed by atoms with E-state index in [1.165, 1.54) is 12.4 Å². The van der Waals surface area contributed by atoms with Gasteiger partial charge in [-0.25, -0.2) is 14.1 Å². The van der Waals surface area contributed by atoms with E-state index in [1.807, 2.05) is 0 Å². The number of aryl methyl sites for hydroxylation is 1. The SMILES string of the molecule is CC(O)c1cccc(F)c1Sc1ncnn1C. The lowest BCUT2D eigenvalue weighted by atomic mass is 10.1. The molecule has 2 rings (SSSR count). The van der Waals surface area contributed by atoms with Gasteiger partial charge in [0.2, 0.25) is 0 Å². The summed E-state index contributed by atoms with van der Waals surface area (Å²) in [5.41, 5.74) is 0.554. The Hall–Kier alpha value is -1.40. The summed E-state index contributed by atoms with van der Waals surface area (Å²) < 4.78 is 15.3. The summed E-state index contributed by atoms with van der Waals surface area (Å²) in [5, 5.41) is 14.1. The van der Waals surface area contributed by atoms with E-state index in [1.54, 1.807) is 30.8 Å². The van der Waals surface area contributed by atoms with Gasteiger partial charge < -0.3 is 5.11 Å². The highest BCUT2D eigenvalue weighted by Gasteiger charge is 2.15. The van der Waals surface area contributed by atoms with Crippen LogP contribution in [0.4, 0.5) is 4.39 Å². The molecule has 4 nitrogen and oxygen atoms in total. The number of nitrogens with zero attached hydrogens (tertiary/aromatic N) is 3. The van der Waals surface area contributed by atoms with E-state index in [2.05, 4.69) is 10.1 Å². The van der Waals surface area contributed by atoms with Gasteiger partial charge >= 0.3 is 0 Å². The molecular weight excluding hydrogens is 241 g/mol. The zero-order chi connectivity index (χ0) is 12.4. The number of hydrogen-bond donors (Lipinski definition) is 1. The van der Waals surface area contributed by atoms with Crippen molar-refractivity contribution >= 4 is 11.8 Å². The van der Waals surface area contributed by atoms with Crippen molar-refractivity contribution in [2.45, 2.75) is 23.1 Å². The Bertz CT molecular complexity index is 527. The topological polar surface area (TPSA) is 50.9 Å². The van der Waals surface area contributed by atoms with Gasteiger partial charge in [0.05, 0.1) is 11.0 Å². The monoisotopic (exact) mass is 253 g/mol. The number of aromatic nitrogens is 3. The molecule has 90 valence electrons. The van der Waals surface area contributed by atoms with Crippen LogP contribution in [0.1, 0.15) is 18.6 Å². The molecule has 0 fully saturated rings. The predicted octanol–water partition coefficient (Wildman–Crippen LogP) is 2.16. The van der Waals surface area contributed by atoms with Gasteiger partial charge in [0, 0.05) is 7.05 Å². The first-order valence-corrected chi connectivity index (χ1v) is 5.89. The second kappa shape index (κ2) is 4.85. The molecule has 1 unspecified atom stereocenters. The number of rotatable bonds is 3. The van der Waals surface area contributed by atoms with Crippen LogP contribution in [0, 0.1) is 5.82 Å². The molecule has 1 aromatic carbocycles. The molecule has 0 radical (unpaired) electrons. The van der Waals surface area contributed by atoms with E-state index < -0.39 is 6.10 Å². The molecule has 0 amide bonds. The lowest BCUT2D eigenvalue weighted by Gasteiger charge is -2.11. The molecule has 0 bridgehead atoms. The molecule has 17 heavy (non-hydrogen) atoms. The molecule has 0 aliphatic heterocycles. The summed E-state index contributed by atoms with van der Waals surface area (Å²) in [6.07, 6.45) is 0.687. The predicted molar refractivity (Wildman–Crippen MR) is 62.2 cm³/mol. The molecule has 0 saturated carbocycles. The molecular formula is C11H12FN3OS. The fourth-order valence-electron chi connectivity index (χ4n) is 1.43. The van der Waals surface area contributed by atoms with Gasteiger partial charge in [-0.05, 0) is 30.3 Å². The fourth-order valence-corrected chi connectivity index (χ4v) is 2.42. The van der Waals surface area contributed by atoms with Crippen LogP contribution in [-0.4, -0.2) is 19.9 Å². The van der Waals surface area contributed by atoms with Gasteiger partial charge in [-0.1, -0.05) is 12.1 Å². The minimum Gasteiger partial charge on any atom is -0.389 e. The zero-order valence-electron chi connectivity index (χ0n) is 9.46. The Morgan fingerprint density at radius 3 is 2.82 bits per heavy atom. The van der Waals surface area contributed by atoms with Crippen LogP contribution in [0.5, 0.6) is 0 Å². The Kier molecular flexibility index (Phi) is 3.44. The molecule has 0 spiro atoms. The number of aliphatic hydroxyl groups is 1. The summed E-state index contributed by atoms with van der Waals surface area (Å²) in [6.45, 7) is 1.61. The van der Waals surface area contributed by atoms with Crippen LogP contribution in [0.15, 0.2) is 34.6 Å². The number of aliphatic hydroxyl groups excluding tert-OH is 1. The summed E-state index contributed by atoms with van der Waals surface area (Å²) in [6, 6.07) is 4.65. The van der Waals surface area contributed by atoms with E-state index in [0.29, 0.717) is 15.6 Å². The highest BCUT2D eigenvalue weighted by molar-refractivity contribution is 7.99. The summed E-state index contributed by atoms with van der Waals surface area (Å²) >= 11 is 1.16. The van der Waals surface area contributed by atoms with E-state index in [0.717, 1.165) is 11.8 Å². The maximum atomic E-state index is 13.7.